The Kier molecular flexibility index (Phi) is 2.85. The van der Waals surface area contributed by atoms with E-state index in [9.17, 15) is 0 Å². The summed E-state index contributed by atoms with van der Waals surface area (Å²) in [5.74, 6) is 0. The van der Waals surface area contributed by atoms with Gasteiger partial charge in [0.1, 0.15) is 12.4 Å². The number of anilines is 1. The van der Waals surface area contributed by atoms with Crippen molar-refractivity contribution in [2.45, 2.75) is 9.24 Å². The fraction of sp³-hybridized carbons (Fsp3) is 0. The summed E-state index contributed by atoms with van der Waals surface area (Å²) in [6.07, 6.45) is 1.50. The van der Waals surface area contributed by atoms with Crippen molar-refractivity contribution in [2.75, 3.05) is 5.73 Å². The fourth-order valence-corrected chi connectivity index (χ4v) is 2.51. The van der Waals surface area contributed by atoms with Gasteiger partial charge in [-0.3, -0.25) is 0 Å². The van der Waals surface area contributed by atoms with Crippen LogP contribution in [0.5, 0.6) is 0 Å². The molecule has 1 heterocycles. The van der Waals surface area contributed by atoms with Crippen LogP contribution in [0.4, 0.5) is 5.69 Å². The maximum absolute atomic E-state index is 8.80. The van der Waals surface area contributed by atoms with Crippen LogP contribution in [-0.2, 0) is 0 Å². The second-order valence-electron chi connectivity index (χ2n) is 2.64. The summed E-state index contributed by atoms with van der Waals surface area (Å²) in [6, 6.07) is 7.41. The smallest absolute Gasteiger partial charge is 0.174 e. The van der Waals surface area contributed by atoms with Gasteiger partial charge in [0, 0.05) is 4.90 Å². The lowest BCUT2D eigenvalue weighted by atomic mass is 10.2. The van der Waals surface area contributed by atoms with Crippen LogP contribution < -0.4 is 5.73 Å². The molecule has 0 aliphatic heterocycles. The minimum Gasteiger partial charge on any atom is -0.397 e. The summed E-state index contributed by atoms with van der Waals surface area (Å²) < 4.78 is 4.71. The predicted molar refractivity (Wildman–Crippen MR) is 59.6 cm³/mol. The molecule has 4 nitrogen and oxygen atoms in total. The van der Waals surface area contributed by atoms with Crippen LogP contribution in [-0.4, -0.2) is 9.36 Å². The molecule has 0 atom stereocenters. The number of hydrogen-bond donors (Lipinski definition) is 1. The van der Waals surface area contributed by atoms with Crippen molar-refractivity contribution in [3.8, 4) is 6.07 Å². The average molecular weight is 234 g/mol. The summed E-state index contributed by atoms with van der Waals surface area (Å²) in [6.45, 7) is 0. The van der Waals surface area contributed by atoms with Gasteiger partial charge in [-0.05, 0) is 23.7 Å². The highest BCUT2D eigenvalue weighted by atomic mass is 32.2. The highest BCUT2D eigenvalue weighted by Gasteiger charge is 2.07. The van der Waals surface area contributed by atoms with Crippen molar-refractivity contribution in [2.24, 2.45) is 0 Å². The zero-order valence-corrected chi connectivity index (χ0v) is 9.18. The Bertz CT molecular complexity index is 501. The van der Waals surface area contributed by atoms with Crippen LogP contribution >= 0.6 is 23.3 Å². The van der Waals surface area contributed by atoms with Gasteiger partial charge in [-0.25, -0.2) is 4.98 Å². The molecule has 15 heavy (non-hydrogen) atoms. The van der Waals surface area contributed by atoms with Crippen LogP contribution in [0.15, 0.2) is 33.8 Å². The monoisotopic (exact) mass is 234 g/mol. The number of para-hydroxylation sites is 1. The molecule has 1 aromatic carbocycles. The predicted octanol–water partition coefficient (Wildman–Crippen LogP) is 2.14. The van der Waals surface area contributed by atoms with E-state index < -0.39 is 0 Å². The molecule has 0 radical (unpaired) electrons. The fourth-order valence-electron chi connectivity index (χ4n) is 1.03. The van der Waals surface area contributed by atoms with E-state index in [0.29, 0.717) is 11.3 Å². The topological polar surface area (TPSA) is 75.6 Å². The lowest BCUT2D eigenvalue weighted by Gasteiger charge is -2.03. The first-order chi connectivity index (χ1) is 7.31. The number of nitrogen functional groups attached to an aromatic ring is 1. The van der Waals surface area contributed by atoms with Gasteiger partial charge in [0.15, 0.2) is 4.34 Å². The van der Waals surface area contributed by atoms with Gasteiger partial charge in [0.25, 0.3) is 0 Å². The second kappa shape index (κ2) is 4.29. The zero-order chi connectivity index (χ0) is 10.7. The van der Waals surface area contributed by atoms with Crippen LogP contribution in [0.2, 0.25) is 0 Å². The SMILES string of the molecule is N#Cc1cccc(Sc2ncns2)c1N. The van der Waals surface area contributed by atoms with Gasteiger partial charge in [0.2, 0.25) is 0 Å². The first-order valence-electron chi connectivity index (χ1n) is 4.04. The number of rotatable bonds is 2. The van der Waals surface area contributed by atoms with E-state index in [4.69, 9.17) is 11.0 Å². The Balaban J connectivity index is 2.34. The van der Waals surface area contributed by atoms with Crippen LogP contribution in [0, 0.1) is 11.3 Å². The summed E-state index contributed by atoms with van der Waals surface area (Å²) in [5, 5.41) is 8.80. The molecule has 0 fully saturated rings. The molecule has 74 valence electrons. The number of nitriles is 1. The van der Waals surface area contributed by atoms with E-state index in [2.05, 4.69) is 9.36 Å². The van der Waals surface area contributed by atoms with Crippen molar-refractivity contribution in [1.82, 2.24) is 9.36 Å². The van der Waals surface area contributed by atoms with Gasteiger partial charge in [-0.15, -0.1) is 0 Å². The van der Waals surface area contributed by atoms with Gasteiger partial charge in [-0.2, -0.15) is 9.64 Å². The van der Waals surface area contributed by atoms with E-state index in [1.54, 1.807) is 12.1 Å². The molecule has 0 spiro atoms. The summed E-state index contributed by atoms with van der Waals surface area (Å²) in [7, 11) is 0. The molecule has 0 saturated carbocycles. The summed E-state index contributed by atoms with van der Waals surface area (Å²) in [4.78, 5) is 4.88. The first kappa shape index (κ1) is 9.96. The normalized spacial score (nSPS) is 9.80. The van der Waals surface area contributed by atoms with Crippen LogP contribution in [0.25, 0.3) is 0 Å². The number of aromatic nitrogens is 2. The number of nitrogens with zero attached hydrogens (tertiary/aromatic N) is 3. The van der Waals surface area contributed by atoms with E-state index in [-0.39, 0.29) is 0 Å². The number of hydrogen-bond acceptors (Lipinski definition) is 6. The molecule has 1 aromatic heterocycles. The molecule has 0 bridgehead atoms. The van der Waals surface area contributed by atoms with Crippen molar-refractivity contribution in [3.63, 3.8) is 0 Å². The summed E-state index contributed by atoms with van der Waals surface area (Å²) >= 11 is 2.72. The Morgan fingerprint density at radius 1 is 1.47 bits per heavy atom. The van der Waals surface area contributed by atoms with Crippen LogP contribution in [0.3, 0.4) is 0 Å². The molecule has 0 unspecified atom stereocenters. The number of nitrogens with two attached hydrogens (primary N) is 1. The molecule has 6 heteroatoms. The first-order valence-corrected chi connectivity index (χ1v) is 5.63. The van der Waals surface area contributed by atoms with Crippen molar-refractivity contribution in [1.29, 1.82) is 5.26 Å². The largest absolute Gasteiger partial charge is 0.397 e. The molecular weight excluding hydrogens is 228 g/mol. The highest BCUT2D eigenvalue weighted by molar-refractivity contribution is 8.01. The molecule has 2 rings (SSSR count). The Morgan fingerprint density at radius 2 is 2.33 bits per heavy atom. The summed E-state index contributed by atoms with van der Waals surface area (Å²) in [5.41, 5.74) is 6.81. The van der Waals surface area contributed by atoms with E-state index in [0.717, 1.165) is 9.24 Å². The minimum atomic E-state index is 0.490. The standard InChI is InChI=1S/C9H6N4S2/c10-4-6-2-1-3-7(8(6)11)14-9-12-5-13-15-9/h1-3,5H,11H2. The maximum Gasteiger partial charge on any atom is 0.174 e. The quantitative estimate of drug-likeness (QED) is 0.806. The third kappa shape index (κ3) is 2.09. The van der Waals surface area contributed by atoms with E-state index in [1.165, 1.54) is 29.6 Å². The molecular formula is C9H6N4S2. The maximum atomic E-state index is 8.80. The zero-order valence-electron chi connectivity index (χ0n) is 7.54. The molecule has 0 amide bonds. The molecule has 0 aliphatic rings. The van der Waals surface area contributed by atoms with Crippen LogP contribution in [0.1, 0.15) is 5.56 Å². The lowest BCUT2D eigenvalue weighted by Crippen LogP contribution is -1.92. The average Bonchev–Trinajstić information content (AvgIpc) is 2.74. The minimum absolute atomic E-state index is 0.490. The highest BCUT2D eigenvalue weighted by Crippen LogP contribution is 2.33. The molecule has 2 aromatic rings. The number of benzene rings is 1. The molecule has 0 saturated heterocycles. The van der Waals surface area contributed by atoms with Gasteiger partial charge >= 0.3 is 0 Å². The van der Waals surface area contributed by atoms with Crippen molar-refractivity contribution < 1.29 is 0 Å². The lowest BCUT2D eigenvalue weighted by molar-refractivity contribution is 1.21. The van der Waals surface area contributed by atoms with Crippen molar-refractivity contribution >= 4 is 29.0 Å². The molecule has 0 aliphatic carbocycles. The Hall–Kier alpha value is -1.58. The van der Waals surface area contributed by atoms with E-state index in [1.807, 2.05) is 12.1 Å². The molecule has 2 N–H and O–H groups in total. The van der Waals surface area contributed by atoms with Crippen molar-refractivity contribution in [3.05, 3.63) is 30.1 Å². The Labute approximate surface area is 94.9 Å². The Morgan fingerprint density at radius 3 is 3.00 bits per heavy atom. The second-order valence-corrected chi connectivity index (χ2v) is 4.71. The third-order valence-electron chi connectivity index (χ3n) is 1.72. The third-order valence-corrected chi connectivity index (χ3v) is 3.52. The van der Waals surface area contributed by atoms with Gasteiger partial charge < -0.3 is 5.73 Å². The van der Waals surface area contributed by atoms with Gasteiger partial charge in [-0.1, -0.05) is 17.8 Å². The van der Waals surface area contributed by atoms with Gasteiger partial charge in [0.05, 0.1) is 11.3 Å². The van der Waals surface area contributed by atoms with E-state index >= 15 is 0 Å².